The number of ether oxygens (including phenoxy) is 1. The maximum Gasteiger partial charge on any atom is 0.408 e. The molecule has 2 unspecified atom stereocenters. The van der Waals surface area contributed by atoms with Crippen molar-refractivity contribution in [3.05, 3.63) is 54.1 Å². The smallest absolute Gasteiger partial charge is 0.408 e. The normalized spacial score (nSPS) is 18.7. The summed E-state index contributed by atoms with van der Waals surface area (Å²) < 4.78 is 72.8. The maximum atomic E-state index is 13.6. The fourth-order valence-electron chi connectivity index (χ4n) is 2.51. The number of rotatable bonds is 4. The molecule has 0 aliphatic carbocycles. The molecule has 0 radical (unpaired) electrons. The zero-order valence-corrected chi connectivity index (χ0v) is 15.3. The lowest BCUT2D eigenvalue weighted by atomic mass is 10.2. The topological polar surface area (TPSA) is 55.4 Å². The van der Waals surface area contributed by atoms with Crippen molar-refractivity contribution in [3.63, 3.8) is 0 Å². The lowest BCUT2D eigenvalue weighted by Gasteiger charge is -2.33. The molecule has 0 amide bonds. The van der Waals surface area contributed by atoms with Crippen LogP contribution >= 0.6 is 11.8 Å². The van der Waals surface area contributed by atoms with Crippen LogP contribution in [0, 0.1) is 6.92 Å². The molecule has 26 heavy (non-hydrogen) atoms. The van der Waals surface area contributed by atoms with Gasteiger partial charge in [-0.3, -0.25) is 0 Å². The van der Waals surface area contributed by atoms with Crippen LogP contribution in [0.2, 0.25) is 0 Å². The zero-order chi connectivity index (χ0) is 18.9. The molecule has 2 atom stereocenters. The van der Waals surface area contributed by atoms with Gasteiger partial charge in [0.15, 0.2) is 6.04 Å². The Labute approximate surface area is 153 Å². The second-order valence-corrected chi connectivity index (χ2v) is 8.64. The molecule has 2 aromatic rings. The van der Waals surface area contributed by atoms with Crippen molar-refractivity contribution >= 4 is 21.8 Å². The first-order valence-corrected chi connectivity index (χ1v) is 10.2. The van der Waals surface area contributed by atoms with E-state index in [0.29, 0.717) is 5.75 Å². The summed E-state index contributed by atoms with van der Waals surface area (Å²) in [5, 5.41) is 0. The van der Waals surface area contributed by atoms with Gasteiger partial charge in [0.1, 0.15) is 11.9 Å². The van der Waals surface area contributed by atoms with Crippen molar-refractivity contribution in [3.8, 4) is 5.75 Å². The Morgan fingerprint density at radius 1 is 1.15 bits per heavy atom. The van der Waals surface area contributed by atoms with Crippen LogP contribution in [-0.2, 0) is 10.0 Å². The first-order chi connectivity index (χ1) is 12.2. The summed E-state index contributed by atoms with van der Waals surface area (Å²) in [6.07, 6.45) is -6.16. The van der Waals surface area contributed by atoms with E-state index in [0.717, 1.165) is 10.5 Å². The molecule has 3 rings (SSSR count). The number of thioether (sulfide) groups is 1. The van der Waals surface area contributed by atoms with Crippen molar-refractivity contribution in [1.82, 2.24) is 4.72 Å². The predicted octanol–water partition coefficient (Wildman–Crippen LogP) is 3.76. The molecule has 1 N–H and O–H groups in total. The molecule has 0 aromatic heterocycles. The maximum absolute atomic E-state index is 13.6. The summed E-state index contributed by atoms with van der Waals surface area (Å²) >= 11 is 1.21. The molecule has 1 aliphatic rings. The monoisotopic (exact) mass is 403 g/mol. The third-order valence-electron chi connectivity index (χ3n) is 3.87. The zero-order valence-electron chi connectivity index (χ0n) is 13.7. The third-order valence-corrected chi connectivity index (χ3v) is 6.47. The minimum Gasteiger partial charge on any atom is -0.486 e. The van der Waals surface area contributed by atoms with Crippen LogP contribution in [0.4, 0.5) is 13.2 Å². The molecule has 0 fully saturated rings. The third kappa shape index (κ3) is 4.16. The molecule has 4 nitrogen and oxygen atoms in total. The summed E-state index contributed by atoms with van der Waals surface area (Å²) in [7, 11) is -4.35. The van der Waals surface area contributed by atoms with Gasteiger partial charge in [0.05, 0.1) is 4.90 Å². The van der Waals surface area contributed by atoms with E-state index < -0.39 is 28.3 Å². The summed E-state index contributed by atoms with van der Waals surface area (Å²) in [5.41, 5.74) is 0.806. The molecule has 0 saturated carbocycles. The molecule has 9 heteroatoms. The van der Waals surface area contributed by atoms with Gasteiger partial charge >= 0.3 is 6.18 Å². The van der Waals surface area contributed by atoms with E-state index in [2.05, 4.69) is 0 Å². The number of benzene rings is 2. The second kappa shape index (κ2) is 7.13. The van der Waals surface area contributed by atoms with Gasteiger partial charge in [-0.2, -0.15) is 17.9 Å². The SMILES string of the molecule is Cc1ccc(S(=O)(=O)NC(C2CSc3ccccc3O2)C(F)(F)F)cc1. The number of nitrogens with one attached hydrogen (secondary N) is 1. The van der Waals surface area contributed by atoms with E-state index >= 15 is 0 Å². The second-order valence-electron chi connectivity index (χ2n) is 5.87. The molecule has 0 bridgehead atoms. The predicted molar refractivity (Wildman–Crippen MR) is 92.9 cm³/mol. The van der Waals surface area contributed by atoms with Gasteiger partial charge in [0, 0.05) is 10.6 Å². The van der Waals surface area contributed by atoms with Gasteiger partial charge in [-0.15, -0.1) is 11.8 Å². The number of alkyl halides is 3. The first-order valence-electron chi connectivity index (χ1n) is 7.71. The Morgan fingerprint density at radius 3 is 2.46 bits per heavy atom. The minimum absolute atomic E-state index is 0.0163. The van der Waals surface area contributed by atoms with Crippen molar-refractivity contribution in [1.29, 1.82) is 0 Å². The van der Waals surface area contributed by atoms with Crippen molar-refractivity contribution < 1.29 is 26.3 Å². The highest BCUT2D eigenvalue weighted by Crippen LogP contribution is 2.38. The summed E-state index contributed by atoms with van der Waals surface area (Å²) in [5.74, 6) is 0.301. The van der Waals surface area contributed by atoms with Crippen LogP contribution < -0.4 is 9.46 Å². The number of hydrogen-bond acceptors (Lipinski definition) is 4. The molecule has 0 saturated heterocycles. The van der Waals surface area contributed by atoms with E-state index in [1.165, 1.54) is 36.0 Å². The molecule has 1 aliphatic heterocycles. The highest BCUT2D eigenvalue weighted by atomic mass is 32.2. The number of halogens is 3. The van der Waals surface area contributed by atoms with Gasteiger partial charge in [-0.25, -0.2) is 8.42 Å². The van der Waals surface area contributed by atoms with E-state index in [1.54, 1.807) is 35.9 Å². The van der Waals surface area contributed by atoms with Gasteiger partial charge in [-0.1, -0.05) is 29.8 Å². The molecular weight excluding hydrogens is 387 g/mol. The molecule has 0 spiro atoms. The first kappa shape index (κ1) is 19.1. The van der Waals surface area contributed by atoms with E-state index in [9.17, 15) is 21.6 Å². The lowest BCUT2D eigenvalue weighted by molar-refractivity contribution is -0.167. The lowest BCUT2D eigenvalue weighted by Crippen LogP contribution is -2.56. The average Bonchev–Trinajstić information content (AvgIpc) is 2.59. The Balaban J connectivity index is 1.87. The van der Waals surface area contributed by atoms with Gasteiger partial charge in [0.25, 0.3) is 0 Å². The average molecular weight is 403 g/mol. The van der Waals surface area contributed by atoms with Gasteiger partial charge in [0.2, 0.25) is 10.0 Å². The van der Waals surface area contributed by atoms with Crippen LogP contribution in [0.15, 0.2) is 58.3 Å². The van der Waals surface area contributed by atoms with E-state index in [4.69, 9.17) is 4.74 Å². The summed E-state index contributed by atoms with van der Waals surface area (Å²) in [4.78, 5) is 0.507. The Morgan fingerprint density at radius 2 is 1.81 bits per heavy atom. The van der Waals surface area contributed by atoms with Crippen LogP contribution in [0.25, 0.3) is 0 Å². The van der Waals surface area contributed by atoms with Crippen LogP contribution in [0.3, 0.4) is 0 Å². The van der Waals surface area contributed by atoms with Gasteiger partial charge < -0.3 is 4.74 Å². The van der Waals surface area contributed by atoms with E-state index in [-0.39, 0.29) is 10.6 Å². The Bertz CT molecular complexity index is 883. The quantitative estimate of drug-likeness (QED) is 0.845. The highest BCUT2D eigenvalue weighted by molar-refractivity contribution is 7.99. The number of aryl methyl sites for hydroxylation is 1. The van der Waals surface area contributed by atoms with Gasteiger partial charge in [-0.05, 0) is 31.2 Å². The van der Waals surface area contributed by atoms with Crippen molar-refractivity contribution in [2.24, 2.45) is 0 Å². The summed E-state index contributed by atoms with van der Waals surface area (Å²) in [6, 6.07) is 9.98. The molecule has 1 heterocycles. The number of sulfonamides is 1. The van der Waals surface area contributed by atoms with Crippen LogP contribution in [0.1, 0.15) is 5.56 Å². The highest BCUT2D eigenvalue weighted by Gasteiger charge is 2.49. The molecular formula is C17H16F3NO3S2. The number of hydrogen-bond donors (Lipinski definition) is 1. The standard InChI is InChI=1S/C17H16F3NO3S2/c1-11-6-8-12(9-7-11)26(22,23)21-16(17(18,19)20)14-10-25-15-5-3-2-4-13(15)24-14/h2-9,14,16,21H,10H2,1H3. The van der Waals surface area contributed by atoms with Crippen LogP contribution in [-0.4, -0.2) is 32.5 Å². The Kier molecular flexibility index (Phi) is 5.23. The largest absolute Gasteiger partial charge is 0.486 e. The Hall–Kier alpha value is -1.71. The van der Waals surface area contributed by atoms with Crippen molar-refractivity contribution in [2.75, 3.05) is 5.75 Å². The fraction of sp³-hybridized carbons (Fsp3) is 0.294. The molecule has 2 aromatic carbocycles. The number of para-hydroxylation sites is 1. The van der Waals surface area contributed by atoms with E-state index in [1.807, 2.05) is 0 Å². The molecule has 140 valence electrons. The van der Waals surface area contributed by atoms with Crippen LogP contribution in [0.5, 0.6) is 5.75 Å². The minimum atomic E-state index is -4.80. The van der Waals surface area contributed by atoms with Crippen molar-refractivity contribution in [2.45, 2.75) is 35.0 Å². The summed E-state index contributed by atoms with van der Waals surface area (Å²) in [6.45, 7) is 1.76. The fourth-order valence-corrected chi connectivity index (χ4v) is 4.79. The number of fused-ring (bicyclic) bond motifs is 1.